The summed E-state index contributed by atoms with van der Waals surface area (Å²) >= 11 is 0. The van der Waals surface area contributed by atoms with Crippen molar-refractivity contribution in [1.29, 1.82) is 0 Å². The number of aromatic amines is 1. The average molecular weight is 285 g/mol. The summed E-state index contributed by atoms with van der Waals surface area (Å²) in [6.45, 7) is 1.74. The van der Waals surface area contributed by atoms with Crippen LogP contribution in [0.15, 0.2) is 46.0 Å². The molecular formula is C15H15N3O3. The van der Waals surface area contributed by atoms with Crippen LogP contribution in [0.1, 0.15) is 5.69 Å². The predicted octanol–water partition coefficient (Wildman–Crippen LogP) is 0.781. The number of hydrogen-bond donors (Lipinski definition) is 2. The first-order valence-corrected chi connectivity index (χ1v) is 6.65. The van der Waals surface area contributed by atoms with Crippen LogP contribution in [0.3, 0.4) is 0 Å². The predicted molar refractivity (Wildman–Crippen MR) is 80.0 cm³/mol. The van der Waals surface area contributed by atoms with Gasteiger partial charge in [-0.3, -0.25) is 14.7 Å². The van der Waals surface area contributed by atoms with E-state index in [1.54, 1.807) is 6.92 Å². The van der Waals surface area contributed by atoms with E-state index in [2.05, 4.69) is 5.10 Å². The van der Waals surface area contributed by atoms with Crippen LogP contribution in [-0.2, 0) is 6.54 Å². The van der Waals surface area contributed by atoms with E-state index in [9.17, 15) is 9.59 Å². The van der Waals surface area contributed by atoms with Crippen molar-refractivity contribution >= 4 is 10.9 Å². The molecule has 108 valence electrons. The summed E-state index contributed by atoms with van der Waals surface area (Å²) in [7, 11) is 0. The van der Waals surface area contributed by atoms with E-state index < -0.39 is 0 Å². The van der Waals surface area contributed by atoms with Crippen LogP contribution < -0.4 is 11.1 Å². The Hall–Kier alpha value is -2.60. The van der Waals surface area contributed by atoms with Crippen LogP contribution >= 0.6 is 0 Å². The fourth-order valence-corrected chi connectivity index (χ4v) is 2.55. The Morgan fingerprint density at radius 2 is 1.90 bits per heavy atom. The minimum atomic E-state index is -0.240. The number of H-pyrrole nitrogens is 1. The maximum absolute atomic E-state index is 12.6. The van der Waals surface area contributed by atoms with E-state index in [4.69, 9.17) is 5.11 Å². The fourth-order valence-electron chi connectivity index (χ4n) is 2.55. The first-order chi connectivity index (χ1) is 10.1. The van der Waals surface area contributed by atoms with E-state index in [1.165, 1.54) is 15.3 Å². The van der Waals surface area contributed by atoms with Gasteiger partial charge in [-0.2, -0.15) is 0 Å². The molecule has 0 aliphatic heterocycles. The molecule has 2 heterocycles. The number of benzene rings is 1. The van der Waals surface area contributed by atoms with Gasteiger partial charge in [0, 0.05) is 18.3 Å². The topological polar surface area (TPSA) is 80.0 Å². The Morgan fingerprint density at radius 1 is 1.19 bits per heavy atom. The second kappa shape index (κ2) is 5.06. The lowest BCUT2D eigenvalue weighted by molar-refractivity contribution is 0.273. The van der Waals surface area contributed by atoms with Crippen molar-refractivity contribution in [3.05, 3.63) is 62.8 Å². The number of pyridine rings is 1. The summed E-state index contributed by atoms with van der Waals surface area (Å²) in [5.41, 5.74) is 1.32. The Kier molecular flexibility index (Phi) is 3.23. The van der Waals surface area contributed by atoms with E-state index in [-0.39, 0.29) is 24.3 Å². The van der Waals surface area contributed by atoms with Crippen molar-refractivity contribution in [2.75, 3.05) is 6.61 Å². The van der Waals surface area contributed by atoms with E-state index in [0.717, 1.165) is 0 Å². The highest BCUT2D eigenvalue weighted by Crippen LogP contribution is 2.13. The number of hydrogen-bond acceptors (Lipinski definition) is 3. The maximum Gasteiger partial charge on any atom is 0.280 e. The number of rotatable bonds is 3. The molecule has 1 aromatic carbocycles. The number of para-hydroxylation sites is 1. The van der Waals surface area contributed by atoms with Gasteiger partial charge in [0.15, 0.2) is 0 Å². The Bertz CT molecular complexity index is 904. The largest absolute Gasteiger partial charge is 0.395 e. The SMILES string of the molecule is Cc1c2c(=O)n(-c3ccccc3)[nH]c2cc(=O)n1CCO. The molecule has 0 spiro atoms. The van der Waals surface area contributed by atoms with Gasteiger partial charge in [0.2, 0.25) is 0 Å². The van der Waals surface area contributed by atoms with Crippen LogP contribution in [-0.4, -0.2) is 26.1 Å². The highest BCUT2D eigenvalue weighted by atomic mass is 16.3. The zero-order valence-electron chi connectivity index (χ0n) is 11.5. The van der Waals surface area contributed by atoms with Gasteiger partial charge in [-0.25, -0.2) is 4.68 Å². The van der Waals surface area contributed by atoms with Crippen LogP contribution in [0, 0.1) is 6.92 Å². The number of nitrogens with one attached hydrogen (secondary N) is 1. The molecule has 2 N–H and O–H groups in total. The molecule has 21 heavy (non-hydrogen) atoms. The van der Waals surface area contributed by atoms with Crippen molar-refractivity contribution in [2.24, 2.45) is 0 Å². The summed E-state index contributed by atoms with van der Waals surface area (Å²) in [5, 5.41) is 12.5. The van der Waals surface area contributed by atoms with Gasteiger partial charge in [0.25, 0.3) is 11.1 Å². The number of aliphatic hydroxyl groups excluding tert-OH is 1. The van der Waals surface area contributed by atoms with Gasteiger partial charge in [-0.05, 0) is 19.1 Å². The van der Waals surface area contributed by atoms with Crippen LogP contribution in [0.4, 0.5) is 0 Å². The van der Waals surface area contributed by atoms with Gasteiger partial charge in [-0.15, -0.1) is 0 Å². The summed E-state index contributed by atoms with van der Waals surface area (Å²) in [6, 6.07) is 10.6. The monoisotopic (exact) mass is 285 g/mol. The van der Waals surface area contributed by atoms with Gasteiger partial charge in [0.1, 0.15) is 0 Å². The van der Waals surface area contributed by atoms with Crippen molar-refractivity contribution in [3.8, 4) is 5.69 Å². The minimum absolute atomic E-state index is 0.149. The molecule has 0 fully saturated rings. The van der Waals surface area contributed by atoms with Gasteiger partial charge < -0.3 is 9.67 Å². The van der Waals surface area contributed by atoms with Crippen LogP contribution in [0.2, 0.25) is 0 Å². The Labute approximate surface area is 119 Å². The molecule has 0 saturated heterocycles. The quantitative estimate of drug-likeness (QED) is 0.746. The highest BCUT2D eigenvalue weighted by Gasteiger charge is 2.14. The van der Waals surface area contributed by atoms with Crippen molar-refractivity contribution in [2.45, 2.75) is 13.5 Å². The van der Waals surface area contributed by atoms with Crippen LogP contribution in [0.25, 0.3) is 16.6 Å². The third-order valence-electron chi connectivity index (χ3n) is 3.56. The first-order valence-electron chi connectivity index (χ1n) is 6.65. The molecular weight excluding hydrogens is 270 g/mol. The average Bonchev–Trinajstić information content (AvgIpc) is 2.81. The van der Waals surface area contributed by atoms with E-state index >= 15 is 0 Å². The van der Waals surface area contributed by atoms with Gasteiger partial charge >= 0.3 is 0 Å². The minimum Gasteiger partial charge on any atom is -0.395 e. The summed E-state index contributed by atoms with van der Waals surface area (Å²) in [4.78, 5) is 24.6. The molecule has 0 amide bonds. The molecule has 0 bridgehead atoms. The third-order valence-corrected chi connectivity index (χ3v) is 3.56. The molecule has 6 heteroatoms. The lowest BCUT2D eigenvalue weighted by Gasteiger charge is -2.07. The molecule has 0 atom stereocenters. The second-order valence-electron chi connectivity index (χ2n) is 4.82. The molecule has 0 aliphatic rings. The fraction of sp³-hybridized carbons (Fsp3) is 0.200. The van der Waals surface area contributed by atoms with Crippen molar-refractivity contribution < 1.29 is 5.11 Å². The van der Waals surface area contributed by atoms with Gasteiger partial charge in [0.05, 0.1) is 23.2 Å². The van der Waals surface area contributed by atoms with Crippen molar-refractivity contribution in [3.63, 3.8) is 0 Å². The van der Waals surface area contributed by atoms with E-state index in [1.807, 2.05) is 30.3 Å². The maximum atomic E-state index is 12.6. The smallest absolute Gasteiger partial charge is 0.280 e. The standard InChI is InChI=1S/C15H15N3O3/c1-10-14-12(9-13(20)17(10)7-8-19)16-18(15(14)21)11-5-3-2-4-6-11/h2-6,9,16,19H,7-8H2,1H3. The summed E-state index contributed by atoms with van der Waals surface area (Å²) in [5.74, 6) is 0. The molecule has 0 radical (unpaired) electrons. The van der Waals surface area contributed by atoms with E-state index in [0.29, 0.717) is 22.3 Å². The lowest BCUT2D eigenvalue weighted by Crippen LogP contribution is -2.24. The van der Waals surface area contributed by atoms with Crippen molar-refractivity contribution in [1.82, 2.24) is 14.3 Å². The molecule has 3 rings (SSSR count). The summed E-state index contributed by atoms with van der Waals surface area (Å²) in [6.07, 6.45) is 0. The number of aliphatic hydroxyl groups is 1. The summed E-state index contributed by atoms with van der Waals surface area (Å²) < 4.78 is 2.83. The number of aryl methyl sites for hydroxylation is 1. The third kappa shape index (κ3) is 2.09. The number of fused-ring (bicyclic) bond motifs is 1. The highest BCUT2D eigenvalue weighted by molar-refractivity contribution is 5.80. The number of aromatic nitrogens is 3. The van der Waals surface area contributed by atoms with Gasteiger partial charge in [-0.1, -0.05) is 18.2 Å². The normalized spacial score (nSPS) is 11.1. The first kappa shape index (κ1) is 13.4. The number of nitrogens with zero attached hydrogens (tertiary/aromatic N) is 2. The molecule has 2 aromatic heterocycles. The lowest BCUT2D eigenvalue weighted by atomic mass is 10.2. The Balaban J connectivity index is 2.34. The zero-order valence-corrected chi connectivity index (χ0v) is 11.5. The molecule has 0 saturated carbocycles. The molecule has 0 aliphatic carbocycles. The molecule has 3 aromatic rings. The van der Waals surface area contributed by atoms with Crippen LogP contribution in [0.5, 0.6) is 0 Å². The Morgan fingerprint density at radius 3 is 2.57 bits per heavy atom. The second-order valence-corrected chi connectivity index (χ2v) is 4.82. The zero-order chi connectivity index (χ0) is 15.0. The molecule has 6 nitrogen and oxygen atoms in total. The molecule has 0 unspecified atom stereocenters.